The van der Waals surface area contributed by atoms with Gasteiger partial charge >= 0.3 is 5.97 Å². The smallest absolute Gasteiger partial charge is 0.323 e. The number of benzene rings is 3. The maximum absolute atomic E-state index is 14.1. The number of rotatable bonds is 15. The van der Waals surface area contributed by atoms with Crippen molar-refractivity contribution in [1.82, 2.24) is 24.8 Å². The van der Waals surface area contributed by atoms with Crippen molar-refractivity contribution in [2.24, 2.45) is 0 Å². The first-order valence-corrected chi connectivity index (χ1v) is 17.3. The molecule has 3 aromatic carbocycles. The van der Waals surface area contributed by atoms with Crippen LogP contribution in [0, 0.1) is 20.8 Å². The third-order valence-electron chi connectivity index (χ3n) is 8.12. The Morgan fingerprint density at radius 1 is 0.938 bits per heavy atom. The maximum Gasteiger partial charge on any atom is 0.323 e. The highest BCUT2D eigenvalue weighted by atomic mass is 32.2. The van der Waals surface area contributed by atoms with Crippen LogP contribution in [0.2, 0.25) is 0 Å². The molecular weight excluding hydrogens is 629 g/mol. The number of hydrogen-bond acceptors (Lipinski definition) is 7. The van der Waals surface area contributed by atoms with Gasteiger partial charge in [-0.1, -0.05) is 54.1 Å². The summed E-state index contributed by atoms with van der Waals surface area (Å²) in [7, 11) is -4.24. The number of hydrogen-bond donors (Lipinski definition) is 4. The highest BCUT2D eigenvalue weighted by Gasteiger charge is 2.31. The molecule has 1 amide bonds. The number of sulfonamides is 1. The number of carbonyl (C=O) groups excluding carboxylic acids is 1. The lowest BCUT2D eigenvalue weighted by atomic mass is 10.0. The van der Waals surface area contributed by atoms with Crippen molar-refractivity contribution in [1.29, 1.82) is 0 Å². The number of carboxylic acid groups (broad SMARTS) is 1. The van der Waals surface area contributed by atoms with Crippen LogP contribution in [0.15, 0.2) is 90.0 Å². The second-order valence-corrected chi connectivity index (χ2v) is 13.6. The van der Waals surface area contributed by atoms with E-state index >= 15 is 0 Å². The number of aromatic amines is 1. The molecule has 0 aliphatic rings. The fourth-order valence-electron chi connectivity index (χ4n) is 5.94. The van der Waals surface area contributed by atoms with Gasteiger partial charge < -0.3 is 15.3 Å². The van der Waals surface area contributed by atoms with Crippen LogP contribution >= 0.6 is 0 Å². The van der Waals surface area contributed by atoms with Crippen molar-refractivity contribution in [3.63, 3.8) is 0 Å². The molecule has 0 fully saturated rings. The molecule has 0 saturated heterocycles. The Bertz CT molecular complexity index is 1970. The highest BCUT2D eigenvalue weighted by Crippen LogP contribution is 2.23. The zero-order valence-electron chi connectivity index (χ0n) is 27.2. The summed E-state index contributed by atoms with van der Waals surface area (Å²) in [5, 5.41) is 21.7. The van der Waals surface area contributed by atoms with Crippen molar-refractivity contribution in [3.8, 4) is 0 Å². The van der Waals surface area contributed by atoms with E-state index in [4.69, 9.17) is 0 Å². The van der Waals surface area contributed by atoms with Crippen LogP contribution in [0.4, 0.5) is 5.82 Å². The monoisotopic (exact) mass is 668 g/mol. The Labute approximate surface area is 280 Å². The molecule has 5 rings (SSSR count). The fraction of sp³-hybridized carbons (Fsp3) is 0.278. The Balaban J connectivity index is 1.39. The van der Waals surface area contributed by atoms with Crippen molar-refractivity contribution >= 4 is 38.6 Å². The van der Waals surface area contributed by atoms with Crippen LogP contribution in [0.5, 0.6) is 0 Å². The van der Waals surface area contributed by atoms with Crippen LogP contribution in [-0.2, 0) is 27.7 Å². The molecule has 0 bridgehead atoms. The van der Waals surface area contributed by atoms with Gasteiger partial charge in [-0.2, -0.15) is 9.82 Å². The quantitative estimate of drug-likeness (QED) is 0.113. The topological polar surface area (TPSA) is 157 Å². The van der Waals surface area contributed by atoms with E-state index in [0.29, 0.717) is 47.4 Å². The molecule has 0 saturated carbocycles. The number of aromatic nitrogens is 3. The first-order valence-electron chi connectivity index (χ1n) is 15.8. The molecule has 0 radical (unpaired) electrons. The van der Waals surface area contributed by atoms with Gasteiger partial charge in [0.15, 0.2) is 0 Å². The number of carboxylic acids is 1. The van der Waals surface area contributed by atoms with Crippen LogP contribution < -0.4 is 10.0 Å². The molecule has 0 aliphatic carbocycles. The number of H-pyrrole nitrogens is 1. The third-order valence-corrected chi connectivity index (χ3v) is 9.90. The number of fused-ring (bicyclic) bond motifs is 1. The molecule has 48 heavy (non-hydrogen) atoms. The van der Waals surface area contributed by atoms with Gasteiger partial charge in [-0.25, -0.2) is 13.4 Å². The lowest BCUT2D eigenvalue weighted by molar-refractivity contribution is -0.139. The average Bonchev–Trinajstić information content (AvgIpc) is 3.46. The van der Waals surface area contributed by atoms with E-state index in [2.05, 4.69) is 37.4 Å². The lowest BCUT2D eigenvalue weighted by Gasteiger charge is -2.27. The van der Waals surface area contributed by atoms with Crippen molar-refractivity contribution in [2.45, 2.75) is 51.0 Å². The molecule has 250 valence electrons. The van der Waals surface area contributed by atoms with E-state index in [-0.39, 0.29) is 18.0 Å². The molecule has 0 spiro atoms. The summed E-state index contributed by atoms with van der Waals surface area (Å²) < 4.78 is 29.5. The van der Waals surface area contributed by atoms with Gasteiger partial charge in [0.25, 0.3) is 5.91 Å². The largest absolute Gasteiger partial charge is 0.480 e. The van der Waals surface area contributed by atoms with Crippen LogP contribution in [-0.4, -0.2) is 71.2 Å². The number of pyridine rings is 1. The average molecular weight is 669 g/mol. The Morgan fingerprint density at radius 2 is 1.67 bits per heavy atom. The van der Waals surface area contributed by atoms with Crippen LogP contribution in [0.3, 0.4) is 0 Å². The van der Waals surface area contributed by atoms with Gasteiger partial charge in [0.2, 0.25) is 10.0 Å². The zero-order valence-corrected chi connectivity index (χ0v) is 28.0. The minimum Gasteiger partial charge on any atom is -0.480 e. The number of nitrogens with zero attached hydrogens (tertiary/aromatic N) is 3. The van der Waals surface area contributed by atoms with E-state index in [0.717, 1.165) is 23.1 Å². The lowest BCUT2D eigenvalue weighted by Crippen LogP contribution is -2.50. The summed E-state index contributed by atoms with van der Waals surface area (Å²) in [6.07, 6.45) is 3.58. The second-order valence-electron chi connectivity index (χ2n) is 11.9. The normalized spacial score (nSPS) is 12.1. The van der Waals surface area contributed by atoms with Crippen LogP contribution in [0.25, 0.3) is 10.9 Å². The van der Waals surface area contributed by atoms with Crippen molar-refractivity contribution in [3.05, 3.63) is 119 Å². The summed E-state index contributed by atoms with van der Waals surface area (Å²) >= 11 is 0. The van der Waals surface area contributed by atoms with Gasteiger partial charge in [-0.05, 0) is 87.1 Å². The molecule has 2 aromatic heterocycles. The summed E-state index contributed by atoms with van der Waals surface area (Å²) in [4.78, 5) is 32.3. The SMILES string of the molecule is Cc1cc(C)c(S(=O)(=O)N[C@@H](CN(CCCNc2ccccn2)C(=O)c2ccc3n[nH]c(CCc4ccccc4)c3c2)C(=O)O)c(C)c1. The van der Waals surface area contributed by atoms with E-state index in [1.807, 2.05) is 43.3 Å². The fourth-order valence-corrected chi connectivity index (χ4v) is 7.57. The van der Waals surface area contributed by atoms with E-state index in [1.54, 1.807) is 50.4 Å². The maximum atomic E-state index is 14.1. The second kappa shape index (κ2) is 15.2. The Hall–Kier alpha value is -5.07. The molecule has 0 unspecified atom stereocenters. The van der Waals surface area contributed by atoms with E-state index in [9.17, 15) is 23.1 Å². The minimum atomic E-state index is -4.24. The van der Waals surface area contributed by atoms with Gasteiger partial charge in [0, 0.05) is 42.5 Å². The van der Waals surface area contributed by atoms with E-state index in [1.165, 1.54) is 10.5 Å². The summed E-state index contributed by atoms with van der Waals surface area (Å²) in [6.45, 7) is 5.45. The number of aliphatic carboxylic acids is 1. The number of aryl methyl sites for hydroxylation is 5. The molecule has 12 heteroatoms. The summed E-state index contributed by atoms with van der Waals surface area (Å²) in [5.74, 6) is -1.14. The molecule has 1 atom stereocenters. The number of amides is 1. The first kappa shape index (κ1) is 34.3. The molecule has 0 aliphatic heterocycles. The predicted molar refractivity (Wildman–Crippen MR) is 186 cm³/mol. The third kappa shape index (κ3) is 8.44. The zero-order chi connectivity index (χ0) is 34.3. The summed E-state index contributed by atoms with van der Waals surface area (Å²) in [5.41, 5.74) is 5.03. The first-order chi connectivity index (χ1) is 23.0. The number of carbonyl (C=O) groups is 2. The Morgan fingerprint density at radius 3 is 2.35 bits per heavy atom. The van der Waals surface area contributed by atoms with Crippen molar-refractivity contribution in [2.75, 3.05) is 25.0 Å². The number of anilines is 1. The van der Waals surface area contributed by atoms with Crippen molar-refractivity contribution < 1.29 is 23.1 Å². The summed E-state index contributed by atoms with van der Waals surface area (Å²) in [6, 6.07) is 22.6. The molecule has 5 aromatic rings. The highest BCUT2D eigenvalue weighted by molar-refractivity contribution is 7.89. The van der Waals surface area contributed by atoms with Gasteiger partial charge in [0.05, 0.1) is 10.4 Å². The Kier molecular flexibility index (Phi) is 10.9. The van der Waals surface area contributed by atoms with Gasteiger partial charge in [-0.3, -0.25) is 14.7 Å². The molecule has 11 nitrogen and oxygen atoms in total. The van der Waals surface area contributed by atoms with Gasteiger partial charge in [-0.15, -0.1) is 0 Å². The molecule has 2 heterocycles. The predicted octanol–water partition coefficient (Wildman–Crippen LogP) is 5.04. The van der Waals surface area contributed by atoms with Gasteiger partial charge in [0.1, 0.15) is 11.9 Å². The molecular formula is C36H40N6O5S. The minimum absolute atomic E-state index is 0.0326. The van der Waals surface area contributed by atoms with Crippen LogP contribution in [0.1, 0.15) is 44.7 Å². The standard InChI is InChI=1S/C36H40N6O5S/c1-24-20-25(2)34(26(3)21-24)48(46,47)41-32(36(44)45)23-42(19-9-18-38-33-12-7-8-17-37-33)35(43)28-14-16-31-29(22-28)30(39-40-31)15-13-27-10-5-4-6-11-27/h4-8,10-12,14,16-17,20-22,32,41H,9,13,15,18-19,23H2,1-3H3,(H,37,38)(H,39,40)(H,44,45)/t32-/m0/s1. The molecule has 4 N–H and O–H groups in total. The van der Waals surface area contributed by atoms with E-state index < -0.39 is 27.9 Å². The number of nitrogens with one attached hydrogen (secondary N) is 3.